The van der Waals surface area contributed by atoms with Gasteiger partial charge in [-0.05, 0) is 68.6 Å². The fourth-order valence-electron chi connectivity index (χ4n) is 5.66. The van der Waals surface area contributed by atoms with Gasteiger partial charge in [-0.15, -0.1) is 0 Å². The second-order valence-corrected chi connectivity index (χ2v) is 11.0. The summed E-state index contributed by atoms with van der Waals surface area (Å²) in [7, 11) is 0. The molecule has 0 bridgehead atoms. The molecule has 6 rings (SSSR count). The number of rotatable bonds is 11. The summed E-state index contributed by atoms with van der Waals surface area (Å²) in [5.74, 6) is 2.11. The number of benzene rings is 2. The number of nitrogens with zero attached hydrogens (tertiary/aromatic N) is 4. The molecule has 2 aliphatic heterocycles. The number of carbonyl (C=O) groups excluding carboxylic acids is 1. The zero-order valence-corrected chi connectivity index (χ0v) is 23.4. The van der Waals surface area contributed by atoms with Gasteiger partial charge in [0, 0.05) is 29.8 Å². The van der Waals surface area contributed by atoms with Gasteiger partial charge >= 0.3 is 0 Å². The Bertz CT molecular complexity index is 1490. The third-order valence-corrected chi connectivity index (χ3v) is 8.17. The average molecular weight is 557 g/mol. The largest absolute Gasteiger partial charge is 0.473 e. The topological polar surface area (TPSA) is 98.9 Å². The maximum Gasteiger partial charge on any atom is 0.213 e. The van der Waals surface area contributed by atoms with Gasteiger partial charge < -0.3 is 14.0 Å². The van der Waals surface area contributed by atoms with Crippen LogP contribution in [0.4, 0.5) is 0 Å². The number of aromatic nitrogens is 3. The third kappa shape index (κ3) is 6.49. The summed E-state index contributed by atoms with van der Waals surface area (Å²) in [6.07, 6.45) is 3.32. The van der Waals surface area contributed by atoms with Crippen molar-refractivity contribution in [3.63, 3.8) is 0 Å². The third-order valence-electron chi connectivity index (χ3n) is 8.17. The Kier molecular flexibility index (Phi) is 8.38. The lowest BCUT2D eigenvalue weighted by molar-refractivity contribution is -0.252. The van der Waals surface area contributed by atoms with Crippen molar-refractivity contribution in [3.05, 3.63) is 88.9 Å². The van der Waals surface area contributed by atoms with E-state index in [1.807, 2.05) is 48.5 Å². The molecule has 1 N–H and O–H groups in total. The van der Waals surface area contributed by atoms with Crippen LogP contribution in [0.15, 0.2) is 60.7 Å². The van der Waals surface area contributed by atoms with Gasteiger partial charge in [-0.3, -0.25) is 15.0 Å². The van der Waals surface area contributed by atoms with Gasteiger partial charge in [-0.25, -0.2) is 14.9 Å². The van der Waals surface area contributed by atoms with Crippen LogP contribution in [-0.2, 0) is 35.9 Å². The molecule has 9 nitrogen and oxygen atoms in total. The summed E-state index contributed by atoms with van der Waals surface area (Å²) in [4.78, 5) is 28.2. The van der Waals surface area contributed by atoms with E-state index in [0.29, 0.717) is 24.0 Å². The van der Waals surface area contributed by atoms with Crippen molar-refractivity contribution in [2.75, 3.05) is 19.7 Å². The van der Waals surface area contributed by atoms with Crippen LogP contribution in [0.25, 0.3) is 11.0 Å². The number of likely N-dealkylation sites (tertiary alicyclic amines) is 1. The zero-order chi connectivity index (χ0) is 28.2. The molecule has 4 aromatic rings. The Morgan fingerprint density at radius 1 is 1.00 bits per heavy atom. The van der Waals surface area contributed by atoms with Gasteiger partial charge in [0.1, 0.15) is 19.0 Å². The normalized spacial score (nSPS) is 18.0. The number of fused-ring (bicyclic) bond motifs is 1. The molecule has 214 valence electrons. The van der Waals surface area contributed by atoms with Crippen LogP contribution in [0.1, 0.15) is 65.1 Å². The predicted molar refractivity (Wildman–Crippen MR) is 154 cm³/mol. The first-order chi connectivity index (χ1) is 20.1. The number of piperidine rings is 1. The fraction of sp³-hybridized carbons (Fsp3) is 0.406. The Balaban J connectivity index is 1.08. The summed E-state index contributed by atoms with van der Waals surface area (Å²) in [6.45, 7) is 6.44. The Morgan fingerprint density at radius 2 is 1.78 bits per heavy atom. The zero-order valence-electron chi connectivity index (χ0n) is 23.4. The van der Waals surface area contributed by atoms with Crippen molar-refractivity contribution in [2.24, 2.45) is 0 Å². The smallest absolute Gasteiger partial charge is 0.213 e. The average Bonchev–Trinajstić information content (AvgIpc) is 3.30. The number of ketones is 1. The Hall–Kier alpha value is -3.63. The highest BCUT2D eigenvalue weighted by Gasteiger charge is 2.26. The van der Waals surface area contributed by atoms with Crippen molar-refractivity contribution in [3.8, 4) is 5.88 Å². The summed E-state index contributed by atoms with van der Waals surface area (Å²) >= 11 is 0. The second kappa shape index (κ2) is 12.5. The number of pyridine rings is 1. The first-order valence-corrected chi connectivity index (χ1v) is 14.3. The number of hydrogen-bond donors (Lipinski definition) is 1. The predicted octanol–water partition coefficient (Wildman–Crippen LogP) is 5.37. The van der Waals surface area contributed by atoms with Crippen LogP contribution in [-0.4, -0.2) is 56.3 Å². The lowest BCUT2D eigenvalue weighted by Crippen LogP contribution is -2.35. The summed E-state index contributed by atoms with van der Waals surface area (Å²) in [5, 5.41) is 8.92. The van der Waals surface area contributed by atoms with E-state index in [0.717, 1.165) is 85.7 Å². The molecule has 4 heterocycles. The van der Waals surface area contributed by atoms with E-state index in [9.17, 15) is 4.79 Å². The van der Waals surface area contributed by atoms with Crippen molar-refractivity contribution in [2.45, 2.75) is 64.5 Å². The number of hydrogen-bond acceptors (Lipinski definition) is 8. The molecule has 0 radical (unpaired) electrons. The van der Waals surface area contributed by atoms with Gasteiger partial charge in [-0.1, -0.05) is 36.4 Å². The number of carbonyl (C=O) groups is 1. The number of ether oxygens (including phenoxy) is 2. The summed E-state index contributed by atoms with van der Waals surface area (Å²) in [5.41, 5.74) is 5.69. The molecule has 0 spiro atoms. The molecule has 0 saturated carbocycles. The van der Waals surface area contributed by atoms with E-state index in [1.165, 1.54) is 0 Å². The molecule has 2 saturated heterocycles. The van der Waals surface area contributed by atoms with Crippen molar-refractivity contribution >= 4 is 16.8 Å². The number of imidazole rings is 1. The van der Waals surface area contributed by atoms with Crippen molar-refractivity contribution in [1.29, 1.82) is 0 Å². The molecular formula is C32H36N4O5. The molecule has 0 amide bonds. The molecule has 2 aliphatic rings. The van der Waals surface area contributed by atoms with Crippen LogP contribution < -0.4 is 4.74 Å². The monoisotopic (exact) mass is 556 g/mol. The molecular weight excluding hydrogens is 520 g/mol. The highest BCUT2D eigenvalue weighted by molar-refractivity contribution is 5.94. The van der Waals surface area contributed by atoms with Gasteiger partial charge in [-0.2, -0.15) is 0 Å². The highest BCUT2D eigenvalue weighted by atomic mass is 17.1. The van der Waals surface area contributed by atoms with Gasteiger partial charge in [0.25, 0.3) is 0 Å². The van der Waals surface area contributed by atoms with E-state index in [4.69, 9.17) is 24.7 Å². The van der Waals surface area contributed by atoms with Gasteiger partial charge in [0.2, 0.25) is 5.88 Å². The Labute approximate surface area is 239 Å². The molecule has 9 heteroatoms. The Morgan fingerprint density at radius 3 is 2.49 bits per heavy atom. The minimum Gasteiger partial charge on any atom is -0.473 e. The first kappa shape index (κ1) is 27.5. The fourth-order valence-corrected chi connectivity index (χ4v) is 5.66. The lowest BCUT2D eigenvalue weighted by Gasteiger charge is -2.32. The minimum atomic E-state index is 0.0585. The van der Waals surface area contributed by atoms with E-state index < -0.39 is 0 Å². The molecule has 2 fully saturated rings. The molecule has 2 aromatic heterocycles. The molecule has 2 aromatic carbocycles. The van der Waals surface area contributed by atoms with Crippen molar-refractivity contribution < 1.29 is 24.4 Å². The van der Waals surface area contributed by atoms with Gasteiger partial charge in [0.15, 0.2) is 5.78 Å². The SMILES string of the molecule is CC(=O)c1ccc(COc2cccc(C3CCN(Cc4nc5ccc(COO)cc5n4CC4CCO4)CC3)n2)cc1. The highest BCUT2D eigenvalue weighted by Crippen LogP contribution is 2.30. The molecule has 41 heavy (non-hydrogen) atoms. The van der Waals surface area contributed by atoms with E-state index >= 15 is 0 Å². The maximum atomic E-state index is 11.5. The molecule has 0 aliphatic carbocycles. The van der Waals surface area contributed by atoms with Crippen LogP contribution in [0, 0.1) is 0 Å². The standard InChI is InChI=1S/C32H36N4O5/c1-22(37)25-8-5-23(6-9-25)20-40-32-4-2-3-28(34-32)26-11-14-35(15-12-26)19-31-33-29-10-7-24(21-41-38)17-30(29)36(31)18-27-13-16-39-27/h2-10,17,26-27,38H,11-16,18-21H2,1H3. The maximum absolute atomic E-state index is 11.5. The summed E-state index contributed by atoms with van der Waals surface area (Å²) in [6, 6.07) is 19.5. The summed E-state index contributed by atoms with van der Waals surface area (Å²) < 4.78 is 14.0. The molecule has 1 atom stereocenters. The van der Waals surface area contributed by atoms with Crippen molar-refractivity contribution in [1.82, 2.24) is 19.4 Å². The lowest BCUT2D eigenvalue weighted by atomic mass is 9.93. The van der Waals surface area contributed by atoms with E-state index in [2.05, 4.69) is 26.5 Å². The van der Waals surface area contributed by atoms with Gasteiger partial charge in [0.05, 0.1) is 30.2 Å². The minimum absolute atomic E-state index is 0.0585. The first-order valence-electron chi connectivity index (χ1n) is 14.3. The second-order valence-electron chi connectivity index (χ2n) is 11.0. The van der Waals surface area contributed by atoms with E-state index in [1.54, 1.807) is 6.92 Å². The van der Waals surface area contributed by atoms with Crippen LogP contribution in [0.5, 0.6) is 5.88 Å². The van der Waals surface area contributed by atoms with E-state index in [-0.39, 0.29) is 18.5 Å². The van der Waals surface area contributed by atoms with Crippen LogP contribution in [0.3, 0.4) is 0 Å². The van der Waals surface area contributed by atoms with Crippen LogP contribution >= 0.6 is 0 Å². The van der Waals surface area contributed by atoms with Crippen LogP contribution in [0.2, 0.25) is 0 Å². The quantitative estimate of drug-likeness (QED) is 0.150. The number of Topliss-reactive ketones (excluding diaryl/α,β-unsaturated/α-hetero) is 1. The molecule has 1 unspecified atom stereocenters.